The Morgan fingerprint density at radius 2 is 1.43 bits per heavy atom. The molecule has 6 atom stereocenters. The van der Waals surface area contributed by atoms with Crippen molar-refractivity contribution in [3.63, 3.8) is 0 Å². The zero-order valence-corrected chi connectivity index (χ0v) is 18.3. The predicted octanol–water partition coefficient (Wildman–Crippen LogP) is 1.70. The SMILES string of the molecule is CO[C@H]1OC2CO[C@@H](c3ccccc3C)O[C@H]2[C@H](OC)[C@H]1OC.[C-]#[O+].[C-]#[O+].[C-]#[O+].[Cr]. The van der Waals surface area contributed by atoms with E-state index in [0.29, 0.717) is 6.61 Å². The molecule has 2 aliphatic rings. The second kappa shape index (κ2) is 17.4. The molecule has 1 aromatic rings. The van der Waals surface area contributed by atoms with E-state index in [4.69, 9.17) is 42.4 Å². The molecule has 0 spiro atoms. The molecular formula is C20H24CrO9. The van der Waals surface area contributed by atoms with Crippen molar-refractivity contribution in [3.8, 4) is 0 Å². The maximum atomic E-state index is 7.50. The van der Waals surface area contributed by atoms with Gasteiger partial charge in [0.05, 0.1) is 6.61 Å². The van der Waals surface area contributed by atoms with Crippen molar-refractivity contribution in [1.82, 2.24) is 0 Å². The van der Waals surface area contributed by atoms with E-state index in [-0.39, 0.29) is 41.8 Å². The van der Waals surface area contributed by atoms with Gasteiger partial charge in [0.15, 0.2) is 12.6 Å². The van der Waals surface area contributed by atoms with Crippen LogP contribution in [0.25, 0.3) is 0 Å². The van der Waals surface area contributed by atoms with Crippen LogP contribution in [0.2, 0.25) is 0 Å². The van der Waals surface area contributed by atoms with Gasteiger partial charge in [-0.3, -0.25) is 0 Å². The van der Waals surface area contributed by atoms with Crippen molar-refractivity contribution in [2.75, 3.05) is 27.9 Å². The number of benzene rings is 1. The fourth-order valence-corrected chi connectivity index (χ4v) is 3.26. The Kier molecular flexibility index (Phi) is 18.0. The third-order valence-electron chi connectivity index (χ3n) is 4.50. The Hall–Kier alpha value is -1.27. The Bertz CT molecular complexity index is 634. The Morgan fingerprint density at radius 1 is 0.867 bits per heavy atom. The minimum atomic E-state index is -0.506. The van der Waals surface area contributed by atoms with Gasteiger partial charge >= 0.3 is 33.9 Å². The van der Waals surface area contributed by atoms with Crippen LogP contribution in [0, 0.1) is 26.9 Å². The summed E-state index contributed by atoms with van der Waals surface area (Å²) in [6, 6.07) is 8.03. The Labute approximate surface area is 187 Å². The summed E-state index contributed by atoms with van der Waals surface area (Å²) in [7, 11) is 4.85. The van der Waals surface area contributed by atoms with E-state index in [2.05, 4.69) is 20.0 Å². The molecule has 0 saturated carbocycles. The van der Waals surface area contributed by atoms with Gasteiger partial charge in [0.1, 0.15) is 24.4 Å². The molecule has 0 bridgehead atoms. The van der Waals surface area contributed by atoms with Crippen LogP contribution in [-0.2, 0) is 59.7 Å². The maximum Gasteiger partial charge on any atom is 0 e. The zero-order chi connectivity index (χ0) is 22.4. The number of fused-ring (bicyclic) bond motifs is 1. The molecule has 2 fully saturated rings. The van der Waals surface area contributed by atoms with Crippen LogP contribution < -0.4 is 0 Å². The number of aryl methyl sites for hydroxylation is 1. The maximum absolute atomic E-state index is 7.50. The minimum absolute atomic E-state index is 0. The van der Waals surface area contributed by atoms with Crippen LogP contribution in [0.1, 0.15) is 17.4 Å². The van der Waals surface area contributed by atoms with E-state index < -0.39 is 12.6 Å². The molecule has 30 heavy (non-hydrogen) atoms. The second-order valence-corrected chi connectivity index (χ2v) is 5.80. The van der Waals surface area contributed by atoms with Crippen LogP contribution >= 0.6 is 0 Å². The molecule has 164 valence electrons. The van der Waals surface area contributed by atoms with Gasteiger partial charge < -0.3 is 28.4 Å². The molecule has 1 aromatic carbocycles. The molecule has 1 unspecified atom stereocenters. The summed E-state index contributed by atoms with van der Waals surface area (Å²) in [5, 5.41) is 0. The fraction of sp³-hybridized carbons (Fsp3) is 0.550. The first-order chi connectivity index (χ1) is 14.2. The van der Waals surface area contributed by atoms with Gasteiger partial charge in [-0.1, -0.05) is 24.3 Å². The van der Waals surface area contributed by atoms with E-state index in [1.54, 1.807) is 21.3 Å². The van der Waals surface area contributed by atoms with Crippen LogP contribution in [0.3, 0.4) is 0 Å². The molecule has 0 radical (unpaired) electrons. The van der Waals surface area contributed by atoms with Crippen molar-refractivity contribution in [3.05, 3.63) is 55.3 Å². The monoisotopic (exact) mass is 460 g/mol. The van der Waals surface area contributed by atoms with Gasteiger partial charge in [-0.05, 0) is 12.5 Å². The smallest absolute Gasteiger partial charge is 0 e. The van der Waals surface area contributed by atoms with E-state index in [1.807, 2.05) is 31.2 Å². The topological polar surface area (TPSA) is 115 Å². The Balaban J connectivity index is 0. The number of hydrogen-bond donors (Lipinski definition) is 0. The first-order valence-electron chi connectivity index (χ1n) is 8.37. The zero-order valence-electron chi connectivity index (χ0n) is 17.1. The normalized spacial score (nSPS) is 28.9. The quantitative estimate of drug-likeness (QED) is 0.499. The van der Waals surface area contributed by atoms with Gasteiger partial charge in [-0.15, -0.1) is 0 Å². The molecule has 0 aliphatic carbocycles. The van der Waals surface area contributed by atoms with Crippen LogP contribution in [0.4, 0.5) is 0 Å². The van der Waals surface area contributed by atoms with Gasteiger partial charge in [-0.2, -0.15) is 0 Å². The summed E-state index contributed by atoms with van der Waals surface area (Å²) < 4.78 is 57.0. The first kappa shape index (κ1) is 30.9. The first-order valence-corrected chi connectivity index (χ1v) is 8.37. The van der Waals surface area contributed by atoms with E-state index in [9.17, 15) is 0 Å². The third kappa shape index (κ3) is 7.45. The average molecular weight is 460 g/mol. The number of methoxy groups -OCH3 is 3. The molecule has 9 nitrogen and oxygen atoms in total. The largest absolute Gasteiger partial charge is 0 e. The van der Waals surface area contributed by atoms with Crippen molar-refractivity contribution in [1.29, 1.82) is 0 Å². The molecule has 0 aromatic heterocycles. The summed E-state index contributed by atoms with van der Waals surface area (Å²) in [6.45, 7) is 16.0. The van der Waals surface area contributed by atoms with E-state index in [1.165, 1.54) is 0 Å². The van der Waals surface area contributed by atoms with Crippen LogP contribution in [0.15, 0.2) is 24.3 Å². The number of hydrogen-bond acceptors (Lipinski definition) is 6. The predicted molar refractivity (Wildman–Crippen MR) is 93.8 cm³/mol. The summed E-state index contributed by atoms with van der Waals surface area (Å²) in [5.41, 5.74) is 2.14. The van der Waals surface area contributed by atoms with Crippen molar-refractivity contribution in [2.45, 2.75) is 43.9 Å². The number of rotatable bonds is 4. The third-order valence-corrected chi connectivity index (χ3v) is 4.50. The fourth-order valence-electron chi connectivity index (χ4n) is 3.26. The Morgan fingerprint density at radius 3 is 1.93 bits per heavy atom. The van der Waals surface area contributed by atoms with Crippen molar-refractivity contribution >= 4 is 0 Å². The van der Waals surface area contributed by atoms with E-state index >= 15 is 0 Å². The molecular weight excluding hydrogens is 436 g/mol. The van der Waals surface area contributed by atoms with Gasteiger partial charge in [0.2, 0.25) is 0 Å². The summed E-state index contributed by atoms with van der Waals surface area (Å²) in [6.07, 6.45) is -2.13. The molecule has 3 rings (SSSR count). The standard InChI is InChI=1S/C17H24O6.3CO.Cr/c1-10-7-5-6-8-11(10)16-21-9-12-13(23-16)14(18-2)15(19-3)17(20-4)22-12;3*1-2;/h5-8,12-17H,9H2,1-4H3;;;;/t12?,13-,14+,15-,16-,17+;;;;/m1..../s1. The van der Waals surface area contributed by atoms with Crippen LogP contribution in [-0.4, -0.2) is 58.6 Å². The molecule has 10 heteroatoms. The molecule has 2 heterocycles. The molecule has 0 amide bonds. The van der Waals surface area contributed by atoms with E-state index in [0.717, 1.165) is 11.1 Å². The van der Waals surface area contributed by atoms with Crippen molar-refractivity contribution < 1.29 is 59.7 Å². The van der Waals surface area contributed by atoms with Crippen LogP contribution in [0.5, 0.6) is 0 Å². The average Bonchev–Trinajstić information content (AvgIpc) is 2.81. The summed E-state index contributed by atoms with van der Waals surface area (Å²) in [4.78, 5) is 0. The second-order valence-electron chi connectivity index (χ2n) is 5.80. The molecule has 0 N–H and O–H groups in total. The minimum Gasteiger partial charge on any atom is 0 e. The molecule has 2 aliphatic heterocycles. The van der Waals surface area contributed by atoms with Gasteiger partial charge in [-0.25, -0.2) is 0 Å². The summed E-state index contributed by atoms with van der Waals surface area (Å²) in [5.74, 6) is 0. The number of ether oxygens (including phenoxy) is 6. The summed E-state index contributed by atoms with van der Waals surface area (Å²) >= 11 is 0. The van der Waals surface area contributed by atoms with Gasteiger partial charge in [0, 0.05) is 44.3 Å². The molecule has 2 saturated heterocycles. The van der Waals surface area contributed by atoms with Gasteiger partial charge in [0.25, 0.3) is 0 Å². The van der Waals surface area contributed by atoms with Crippen molar-refractivity contribution in [2.24, 2.45) is 0 Å².